The molecule has 0 spiro atoms. The van der Waals surface area contributed by atoms with Crippen LogP contribution in [0, 0.1) is 0 Å². The van der Waals surface area contributed by atoms with Crippen LogP contribution in [-0.4, -0.2) is 19.6 Å². The summed E-state index contributed by atoms with van der Waals surface area (Å²) in [6, 6.07) is 1.26. The number of ether oxygens (including phenoxy) is 1. The van der Waals surface area contributed by atoms with Gasteiger partial charge in [0.2, 0.25) is 11.2 Å². The molecule has 5 heteroatoms. The molecule has 1 heterocycles. The van der Waals surface area contributed by atoms with Gasteiger partial charge >= 0.3 is 0 Å². The Kier molecular flexibility index (Phi) is 3.91. The molecule has 1 amide bonds. The quantitative estimate of drug-likeness (QED) is 0.779. The largest absolute Gasteiger partial charge is 0.476 e. The van der Waals surface area contributed by atoms with Crippen LogP contribution in [-0.2, 0) is 11.2 Å². The van der Waals surface area contributed by atoms with Gasteiger partial charge in [0, 0.05) is 19.5 Å². The minimum atomic E-state index is -0.291. The third-order valence-corrected chi connectivity index (χ3v) is 1.85. The molecule has 1 aromatic heterocycles. The first-order chi connectivity index (χ1) is 7.19. The zero-order valence-corrected chi connectivity index (χ0v) is 8.70. The summed E-state index contributed by atoms with van der Waals surface area (Å²) in [5.41, 5.74) is -0.276. The zero-order chi connectivity index (χ0) is 11.3. The number of hydrogen-bond acceptors (Lipinski definition) is 4. The van der Waals surface area contributed by atoms with E-state index in [1.165, 1.54) is 19.4 Å². The molecule has 1 rings (SSSR count). The number of carbonyl (C=O) groups is 1. The summed E-state index contributed by atoms with van der Waals surface area (Å²) in [4.78, 5) is 22.3. The maximum Gasteiger partial charge on any atom is 0.257 e. The predicted octanol–water partition coefficient (Wildman–Crippen LogP) is 0.327. The van der Waals surface area contributed by atoms with Crippen molar-refractivity contribution in [1.29, 1.82) is 0 Å². The molecule has 0 radical (unpaired) electrons. The molecule has 0 aromatic carbocycles. The fourth-order valence-electron chi connectivity index (χ4n) is 1.05. The standard InChI is InChI=1S/C10H13NO4/c1-3-8-10(7(12)4-5-14-8)15-6-9(13)11-2/h4-5H,3,6H2,1-2H3,(H,11,13). The minimum absolute atomic E-state index is 0.114. The van der Waals surface area contributed by atoms with E-state index in [4.69, 9.17) is 9.15 Å². The normalized spacial score (nSPS) is 9.73. The first kappa shape index (κ1) is 11.3. The maximum atomic E-state index is 11.4. The number of rotatable bonds is 4. The molecule has 0 aliphatic heterocycles. The Morgan fingerprint density at radius 3 is 2.93 bits per heavy atom. The van der Waals surface area contributed by atoms with E-state index in [9.17, 15) is 9.59 Å². The van der Waals surface area contributed by atoms with E-state index in [0.717, 1.165) is 0 Å². The second-order valence-corrected chi connectivity index (χ2v) is 2.85. The van der Waals surface area contributed by atoms with Crippen LogP contribution in [0.25, 0.3) is 0 Å². The molecule has 82 valence electrons. The summed E-state index contributed by atoms with van der Waals surface area (Å²) in [6.07, 6.45) is 1.85. The number of amides is 1. The highest BCUT2D eigenvalue weighted by atomic mass is 16.5. The number of hydrogen-bond donors (Lipinski definition) is 1. The Hall–Kier alpha value is -1.78. The average Bonchev–Trinajstić information content (AvgIpc) is 2.26. The SMILES string of the molecule is CCc1occc(=O)c1OCC(=O)NC. The Balaban J connectivity index is 2.83. The molecule has 15 heavy (non-hydrogen) atoms. The minimum Gasteiger partial charge on any atom is -0.476 e. The van der Waals surface area contributed by atoms with Crippen molar-refractivity contribution >= 4 is 5.91 Å². The van der Waals surface area contributed by atoms with E-state index in [1.807, 2.05) is 6.92 Å². The molecule has 0 fully saturated rings. The summed E-state index contributed by atoms with van der Waals surface area (Å²) in [5.74, 6) is 0.273. The predicted molar refractivity (Wildman–Crippen MR) is 53.9 cm³/mol. The van der Waals surface area contributed by atoms with Gasteiger partial charge in [0.25, 0.3) is 5.91 Å². The molecule has 1 N–H and O–H groups in total. The summed E-state index contributed by atoms with van der Waals surface area (Å²) in [5, 5.41) is 2.40. The lowest BCUT2D eigenvalue weighted by atomic mass is 10.3. The highest BCUT2D eigenvalue weighted by molar-refractivity contribution is 5.77. The summed E-state index contributed by atoms with van der Waals surface area (Å²) < 4.78 is 10.2. The topological polar surface area (TPSA) is 68.5 Å². The Morgan fingerprint density at radius 2 is 2.33 bits per heavy atom. The van der Waals surface area contributed by atoms with Gasteiger partial charge in [-0.05, 0) is 0 Å². The summed E-state index contributed by atoms with van der Waals surface area (Å²) in [6.45, 7) is 1.66. The van der Waals surface area contributed by atoms with Crippen molar-refractivity contribution in [3.63, 3.8) is 0 Å². The van der Waals surface area contributed by atoms with Gasteiger partial charge in [-0.2, -0.15) is 0 Å². The van der Waals surface area contributed by atoms with E-state index in [2.05, 4.69) is 5.32 Å². The highest BCUT2D eigenvalue weighted by Crippen LogP contribution is 2.12. The Labute approximate surface area is 87.0 Å². The Bertz CT molecular complexity index is 397. The van der Waals surface area contributed by atoms with Crippen molar-refractivity contribution in [1.82, 2.24) is 5.32 Å². The van der Waals surface area contributed by atoms with Gasteiger partial charge < -0.3 is 14.5 Å². The van der Waals surface area contributed by atoms with Crippen molar-refractivity contribution in [2.24, 2.45) is 0 Å². The van der Waals surface area contributed by atoms with Crippen LogP contribution in [0.3, 0.4) is 0 Å². The molecule has 0 atom stereocenters. The van der Waals surface area contributed by atoms with Gasteiger partial charge in [0.15, 0.2) is 6.61 Å². The van der Waals surface area contributed by atoms with Crippen molar-refractivity contribution in [3.8, 4) is 5.75 Å². The van der Waals surface area contributed by atoms with Crippen LogP contribution >= 0.6 is 0 Å². The van der Waals surface area contributed by atoms with Gasteiger partial charge in [-0.1, -0.05) is 6.92 Å². The third-order valence-electron chi connectivity index (χ3n) is 1.85. The van der Waals surface area contributed by atoms with Crippen molar-refractivity contribution in [2.75, 3.05) is 13.7 Å². The lowest BCUT2D eigenvalue weighted by Crippen LogP contribution is -2.26. The van der Waals surface area contributed by atoms with Gasteiger partial charge in [0.1, 0.15) is 5.76 Å². The Morgan fingerprint density at radius 1 is 1.60 bits per heavy atom. The molecule has 1 aromatic rings. The van der Waals surface area contributed by atoms with Crippen LogP contribution in [0.4, 0.5) is 0 Å². The van der Waals surface area contributed by atoms with Crippen LogP contribution < -0.4 is 15.5 Å². The summed E-state index contributed by atoms with van der Waals surface area (Å²) in [7, 11) is 1.50. The fraction of sp³-hybridized carbons (Fsp3) is 0.400. The lowest BCUT2D eigenvalue weighted by Gasteiger charge is -2.06. The van der Waals surface area contributed by atoms with Gasteiger partial charge in [-0.3, -0.25) is 9.59 Å². The number of likely N-dealkylation sites (N-methyl/N-ethyl adjacent to an activating group) is 1. The average molecular weight is 211 g/mol. The van der Waals surface area contributed by atoms with Crippen molar-refractivity contribution in [3.05, 3.63) is 28.3 Å². The van der Waals surface area contributed by atoms with E-state index in [0.29, 0.717) is 12.2 Å². The van der Waals surface area contributed by atoms with E-state index >= 15 is 0 Å². The van der Waals surface area contributed by atoms with Crippen LogP contribution in [0.1, 0.15) is 12.7 Å². The molecule has 0 saturated carbocycles. The fourth-order valence-corrected chi connectivity index (χ4v) is 1.05. The van der Waals surface area contributed by atoms with E-state index in [1.54, 1.807) is 0 Å². The molecular weight excluding hydrogens is 198 g/mol. The van der Waals surface area contributed by atoms with E-state index < -0.39 is 0 Å². The van der Waals surface area contributed by atoms with Crippen LogP contribution in [0.2, 0.25) is 0 Å². The van der Waals surface area contributed by atoms with Crippen molar-refractivity contribution < 1.29 is 13.9 Å². The first-order valence-electron chi connectivity index (χ1n) is 4.63. The van der Waals surface area contributed by atoms with Gasteiger partial charge in [-0.15, -0.1) is 0 Å². The smallest absolute Gasteiger partial charge is 0.257 e. The van der Waals surface area contributed by atoms with Gasteiger partial charge in [-0.25, -0.2) is 0 Å². The lowest BCUT2D eigenvalue weighted by molar-refractivity contribution is -0.122. The molecule has 0 unspecified atom stereocenters. The second kappa shape index (κ2) is 5.19. The molecular formula is C10H13NO4. The number of carbonyl (C=O) groups excluding carboxylic acids is 1. The monoisotopic (exact) mass is 211 g/mol. The van der Waals surface area contributed by atoms with Crippen LogP contribution in [0.5, 0.6) is 5.75 Å². The second-order valence-electron chi connectivity index (χ2n) is 2.85. The number of aryl methyl sites for hydroxylation is 1. The number of nitrogens with one attached hydrogen (secondary N) is 1. The molecule has 0 bridgehead atoms. The molecule has 5 nitrogen and oxygen atoms in total. The summed E-state index contributed by atoms with van der Waals surface area (Å²) >= 11 is 0. The maximum absolute atomic E-state index is 11.4. The highest BCUT2D eigenvalue weighted by Gasteiger charge is 2.10. The van der Waals surface area contributed by atoms with Crippen LogP contribution in [0.15, 0.2) is 21.5 Å². The molecule has 0 aliphatic rings. The molecule has 0 aliphatic carbocycles. The van der Waals surface area contributed by atoms with Gasteiger partial charge in [0.05, 0.1) is 6.26 Å². The van der Waals surface area contributed by atoms with Crippen molar-refractivity contribution in [2.45, 2.75) is 13.3 Å². The first-order valence-corrected chi connectivity index (χ1v) is 4.63. The zero-order valence-electron chi connectivity index (χ0n) is 8.70. The van der Waals surface area contributed by atoms with E-state index in [-0.39, 0.29) is 23.7 Å². The molecule has 0 saturated heterocycles. The third kappa shape index (κ3) is 2.83.